The smallest absolute Gasteiger partial charge is 0.232 e. The van der Waals surface area contributed by atoms with Crippen LogP contribution in [0.1, 0.15) is 48.9 Å². The van der Waals surface area contributed by atoms with E-state index in [9.17, 15) is 13.2 Å². The summed E-state index contributed by atoms with van der Waals surface area (Å²) < 4.78 is 31.1. The Hall–Kier alpha value is -2.54. The van der Waals surface area contributed by atoms with E-state index in [0.717, 1.165) is 28.9 Å². The van der Waals surface area contributed by atoms with Crippen molar-refractivity contribution in [2.24, 2.45) is 0 Å². The number of amides is 1. The predicted octanol–water partition coefficient (Wildman–Crippen LogP) is 4.13. The number of aryl methyl sites for hydroxylation is 2. The van der Waals surface area contributed by atoms with E-state index >= 15 is 0 Å². The van der Waals surface area contributed by atoms with Gasteiger partial charge in [0.25, 0.3) is 0 Å². The largest absolute Gasteiger partial charge is 0.496 e. The van der Waals surface area contributed by atoms with Crippen LogP contribution < -0.4 is 14.4 Å². The number of nitrogens with one attached hydrogen (secondary N) is 1. The third-order valence-electron chi connectivity index (χ3n) is 5.05. The Kier molecular flexibility index (Phi) is 8.29. The summed E-state index contributed by atoms with van der Waals surface area (Å²) in [7, 11) is -1.78. The molecule has 2 aromatic rings. The first kappa shape index (κ1) is 23.7. The molecule has 2 aromatic carbocycles. The molecule has 2 rings (SSSR count). The van der Waals surface area contributed by atoms with Gasteiger partial charge in [0.15, 0.2) is 0 Å². The lowest BCUT2D eigenvalue weighted by Crippen LogP contribution is -2.33. The second-order valence-corrected chi connectivity index (χ2v) is 9.44. The molecule has 1 N–H and O–H groups in total. The fourth-order valence-electron chi connectivity index (χ4n) is 3.39. The molecule has 164 valence electrons. The number of carbonyl (C=O) groups excluding carboxylic acids is 1. The summed E-state index contributed by atoms with van der Waals surface area (Å²) in [6.07, 6.45) is 2.64. The monoisotopic (exact) mass is 432 g/mol. The van der Waals surface area contributed by atoms with Gasteiger partial charge in [-0.25, -0.2) is 8.42 Å². The molecule has 7 heteroatoms. The summed E-state index contributed by atoms with van der Waals surface area (Å²) in [5.74, 6) is 0.726. The molecule has 1 amide bonds. The van der Waals surface area contributed by atoms with E-state index in [1.165, 1.54) is 10.6 Å². The molecule has 0 aliphatic carbocycles. The maximum absolute atomic E-state index is 12.5. The number of hydrogen-bond acceptors (Lipinski definition) is 4. The summed E-state index contributed by atoms with van der Waals surface area (Å²) in [4.78, 5) is 12.5. The highest BCUT2D eigenvalue weighted by Crippen LogP contribution is 2.24. The zero-order chi connectivity index (χ0) is 22.3. The molecule has 0 radical (unpaired) electrons. The van der Waals surface area contributed by atoms with Crippen LogP contribution in [-0.4, -0.2) is 34.2 Å². The van der Waals surface area contributed by atoms with E-state index in [4.69, 9.17) is 4.74 Å². The fraction of sp³-hybridized carbons (Fsp3) is 0.435. The Morgan fingerprint density at radius 3 is 2.33 bits per heavy atom. The fourth-order valence-corrected chi connectivity index (χ4v) is 4.35. The van der Waals surface area contributed by atoms with Crippen LogP contribution in [0.5, 0.6) is 5.75 Å². The Balaban J connectivity index is 1.98. The number of nitrogens with zero attached hydrogens (tertiary/aromatic N) is 1. The van der Waals surface area contributed by atoms with Crippen LogP contribution in [0, 0.1) is 13.8 Å². The molecule has 0 saturated carbocycles. The second-order valence-electron chi connectivity index (χ2n) is 7.53. The van der Waals surface area contributed by atoms with Gasteiger partial charge in [0.1, 0.15) is 5.75 Å². The third-order valence-corrected chi connectivity index (χ3v) is 6.25. The van der Waals surface area contributed by atoms with Crippen LogP contribution in [0.25, 0.3) is 0 Å². The van der Waals surface area contributed by atoms with Crippen LogP contribution in [0.3, 0.4) is 0 Å². The normalized spacial score (nSPS) is 12.3. The van der Waals surface area contributed by atoms with Gasteiger partial charge in [-0.05, 0) is 56.0 Å². The lowest BCUT2D eigenvalue weighted by atomic mass is 10.0. The number of carbonyl (C=O) groups is 1. The van der Waals surface area contributed by atoms with Gasteiger partial charge in [0.05, 0.1) is 25.1 Å². The first-order chi connectivity index (χ1) is 14.2. The van der Waals surface area contributed by atoms with Crippen molar-refractivity contribution in [3.8, 4) is 5.75 Å². The van der Waals surface area contributed by atoms with Crippen molar-refractivity contribution in [1.82, 2.24) is 5.32 Å². The lowest BCUT2D eigenvalue weighted by molar-refractivity contribution is -0.121. The van der Waals surface area contributed by atoms with Gasteiger partial charge in [-0.15, -0.1) is 0 Å². The highest BCUT2D eigenvalue weighted by molar-refractivity contribution is 7.92. The van der Waals surface area contributed by atoms with E-state index in [1.54, 1.807) is 19.2 Å². The molecule has 0 aromatic heterocycles. The summed E-state index contributed by atoms with van der Waals surface area (Å²) in [5, 5.41) is 3.06. The average Bonchev–Trinajstić information content (AvgIpc) is 2.69. The van der Waals surface area contributed by atoms with Gasteiger partial charge < -0.3 is 10.1 Å². The van der Waals surface area contributed by atoms with Gasteiger partial charge in [-0.1, -0.05) is 36.8 Å². The van der Waals surface area contributed by atoms with E-state index < -0.39 is 10.0 Å². The zero-order valence-electron chi connectivity index (χ0n) is 18.4. The number of benzene rings is 2. The van der Waals surface area contributed by atoms with E-state index in [0.29, 0.717) is 12.1 Å². The van der Waals surface area contributed by atoms with Crippen LogP contribution in [0.4, 0.5) is 5.69 Å². The number of anilines is 1. The van der Waals surface area contributed by atoms with E-state index in [1.807, 2.05) is 51.1 Å². The van der Waals surface area contributed by atoms with Crippen LogP contribution in [0.2, 0.25) is 0 Å². The minimum absolute atomic E-state index is 0.0901. The molecule has 0 heterocycles. The van der Waals surface area contributed by atoms with Gasteiger partial charge in [-0.3, -0.25) is 9.10 Å². The Labute approximate surface area is 180 Å². The Morgan fingerprint density at radius 2 is 1.80 bits per heavy atom. The molecule has 0 aliphatic rings. The standard InChI is InChI=1S/C23H32N2O4S/c1-6-21(19-11-14-22(29-4)18(3)16-19)24-23(26)8-7-15-25(30(5,27)28)20-12-9-17(2)10-13-20/h9-14,16,21H,6-8,15H2,1-5H3,(H,24,26)/t21-/m1/s1. The number of ether oxygens (including phenoxy) is 1. The maximum Gasteiger partial charge on any atom is 0.232 e. The van der Waals surface area contributed by atoms with E-state index in [2.05, 4.69) is 5.32 Å². The summed E-state index contributed by atoms with van der Waals surface area (Å²) in [6.45, 7) is 6.20. The van der Waals surface area contributed by atoms with Crippen LogP contribution >= 0.6 is 0 Å². The topological polar surface area (TPSA) is 75.7 Å². The number of sulfonamides is 1. The summed E-state index contributed by atoms with van der Waals surface area (Å²) in [5.41, 5.74) is 3.72. The molecule has 0 spiro atoms. The Bertz CT molecular complexity index is 956. The molecular weight excluding hydrogens is 400 g/mol. The molecule has 6 nitrogen and oxygen atoms in total. The van der Waals surface area contributed by atoms with Crippen molar-refractivity contribution in [3.63, 3.8) is 0 Å². The van der Waals surface area contributed by atoms with Crippen molar-refractivity contribution >= 4 is 21.6 Å². The molecular formula is C23H32N2O4S. The van der Waals surface area contributed by atoms with Gasteiger partial charge in [-0.2, -0.15) is 0 Å². The van der Waals surface area contributed by atoms with Crippen LogP contribution in [-0.2, 0) is 14.8 Å². The van der Waals surface area contributed by atoms with Crippen molar-refractivity contribution < 1.29 is 17.9 Å². The maximum atomic E-state index is 12.5. The SMILES string of the molecule is CC[C@@H](NC(=O)CCCN(c1ccc(C)cc1)S(C)(=O)=O)c1ccc(OC)c(C)c1. The highest BCUT2D eigenvalue weighted by atomic mass is 32.2. The van der Waals surface area contributed by atoms with Crippen molar-refractivity contribution in [1.29, 1.82) is 0 Å². The minimum atomic E-state index is -3.42. The van der Waals surface area contributed by atoms with Gasteiger partial charge in [0, 0.05) is 13.0 Å². The average molecular weight is 433 g/mol. The quantitative estimate of drug-likeness (QED) is 0.613. The number of rotatable bonds is 10. The predicted molar refractivity (Wildman–Crippen MR) is 122 cm³/mol. The third kappa shape index (κ3) is 6.49. The van der Waals surface area contributed by atoms with Crippen LogP contribution in [0.15, 0.2) is 42.5 Å². The van der Waals surface area contributed by atoms with Crippen molar-refractivity contribution in [2.75, 3.05) is 24.2 Å². The molecule has 0 saturated heterocycles. The molecule has 0 aliphatic heterocycles. The van der Waals surface area contributed by atoms with Gasteiger partial charge >= 0.3 is 0 Å². The molecule has 0 fully saturated rings. The first-order valence-corrected chi connectivity index (χ1v) is 12.0. The number of methoxy groups -OCH3 is 1. The number of hydrogen-bond donors (Lipinski definition) is 1. The first-order valence-electron chi connectivity index (χ1n) is 10.1. The second kappa shape index (κ2) is 10.5. The van der Waals surface area contributed by atoms with E-state index in [-0.39, 0.29) is 24.9 Å². The van der Waals surface area contributed by atoms with Gasteiger partial charge in [0.2, 0.25) is 15.9 Å². The lowest BCUT2D eigenvalue weighted by Gasteiger charge is -2.23. The molecule has 0 bridgehead atoms. The minimum Gasteiger partial charge on any atom is -0.496 e. The van der Waals surface area contributed by atoms with Crippen molar-refractivity contribution in [2.45, 2.75) is 46.1 Å². The summed E-state index contributed by atoms with van der Waals surface area (Å²) >= 11 is 0. The zero-order valence-corrected chi connectivity index (χ0v) is 19.3. The Morgan fingerprint density at radius 1 is 1.13 bits per heavy atom. The molecule has 0 unspecified atom stereocenters. The van der Waals surface area contributed by atoms with Crippen molar-refractivity contribution in [3.05, 3.63) is 59.2 Å². The molecule has 30 heavy (non-hydrogen) atoms. The highest BCUT2D eigenvalue weighted by Gasteiger charge is 2.18. The molecule has 1 atom stereocenters. The summed E-state index contributed by atoms with van der Waals surface area (Å²) in [6, 6.07) is 13.1.